The lowest BCUT2D eigenvalue weighted by atomic mass is 10.2. The van der Waals surface area contributed by atoms with E-state index >= 15 is 0 Å². The van der Waals surface area contributed by atoms with E-state index < -0.39 is 8.80 Å². The number of unbranched alkanes of at least 4 members (excludes halogenated alkanes) is 6. The third-order valence-corrected chi connectivity index (χ3v) is 9.47. The zero-order chi connectivity index (χ0) is 28.3. The summed E-state index contributed by atoms with van der Waals surface area (Å²) in [5.41, 5.74) is 0. The molecular formula is C31H69N3O3Si. The third kappa shape index (κ3) is 21.8. The van der Waals surface area contributed by atoms with Crippen molar-refractivity contribution in [2.24, 2.45) is 0 Å². The predicted octanol–water partition coefficient (Wildman–Crippen LogP) is 7.31. The maximum atomic E-state index is 6.52. The molecule has 38 heavy (non-hydrogen) atoms. The Morgan fingerprint density at radius 3 is 0.763 bits per heavy atom. The highest BCUT2D eigenvalue weighted by molar-refractivity contribution is 6.59. The van der Waals surface area contributed by atoms with Gasteiger partial charge in [0.15, 0.2) is 0 Å². The molecule has 230 valence electrons. The van der Waals surface area contributed by atoms with Crippen LogP contribution in [0.5, 0.6) is 0 Å². The zero-order valence-electron chi connectivity index (χ0n) is 27.0. The van der Waals surface area contributed by atoms with Crippen LogP contribution in [-0.4, -0.2) is 102 Å². The molecule has 0 aliphatic rings. The first-order valence-electron chi connectivity index (χ1n) is 16.6. The van der Waals surface area contributed by atoms with E-state index in [2.05, 4.69) is 62.8 Å². The van der Waals surface area contributed by atoms with Crippen molar-refractivity contribution in [3.63, 3.8) is 0 Å². The molecule has 0 N–H and O–H groups in total. The molecule has 0 heterocycles. The number of rotatable bonds is 30. The Balaban J connectivity index is 5.06. The monoisotopic (exact) mass is 560 g/mol. The van der Waals surface area contributed by atoms with Crippen molar-refractivity contribution in [3.8, 4) is 0 Å². The summed E-state index contributed by atoms with van der Waals surface area (Å²) in [6.45, 7) is 27.7. The van der Waals surface area contributed by atoms with Gasteiger partial charge >= 0.3 is 8.80 Å². The molecule has 0 aliphatic carbocycles. The molecular weight excluding hydrogens is 490 g/mol. The van der Waals surface area contributed by atoms with Crippen molar-refractivity contribution in [1.29, 1.82) is 0 Å². The lowest BCUT2D eigenvalue weighted by Gasteiger charge is -2.31. The lowest BCUT2D eigenvalue weighted by molar-refractivity contribution is 0.0434. The smallest absolute Gasteiger partial charge is 0.372 e. The van der Waals surface area contributed by atoms with Gasteiger partial charge in [0.05, 0.1) is 19.8 Å². The largest absolute Gasteiger partial charge is 0.497 e. The molecule has 0 saturated heterocycles. The average molecular weight is 560 g/mol. The Labute approximate surface area is 240 Å². The SMILES string of the molecule is CCCCN(CCCC)CCO[Si](C)(OCCN(CCCC)CCCC)OCCN(CCCC)CCCC. The van der Waals surface area contributed by atoms with Crippen molar-refractivity contribution < 1.29 is 13.3 Å². The quantitative estimate of drug-likeness (QED) is 0.0859. The summed E-state index contributed by atoms with van der Waals surface area (Å²) in [5, 5.41) is 0. The molecule has 0 aromatic carbocycles. The van der Waals surface area contributed by atoms with E-state index in [9.17, 15) is 0 Å². The van der Waals surface area contributed by atoms with Crippen LogP contribution in [0.1, 0.15) is 119 Å². The minimum absolute atomic E-state index is 0.695. The van der Waals surface area contributed by atoms with E-state index in [-0.39, 0.29) is 0 Å². The topological polar surface area (TPSA) is 37.4 Å². The van der Waals surface area contributed by atoms with Crippen LogP contribution in [0.25, 0.3) is 0 Å². The summed E-state index contributed by atoms with van der Waals surface area (Å²) in [4.78, 5) is 7.70. The molecule has 0 fully saturated rings. The maximum Gasteiger partial charge on any atom is 0.497 e. The Hall–Kier alpha value is -0.0231. The van der Waals surface area contributed by atoms with E-state index in [4.69, 9.17) is 13.3 Å². The molecule has 0 atom stereocenters. The van der Waals surface area contributed by atoms with Crippen LogP contribution in [0, 0.1) is 0 Å². The van der Waals surface area contributed by atoms with Crippen molar-refractivity contribution in [3.05, 3.63) is 0 Å². The van der Waals surface area contributed by atoms with Gasteiger partial charge in [0.1, 0.15) is 0 Å². The van der Waals surface area contributed by atoms with Crippen molar-refractivity contribution in [2.75, 3.05) is 78.7 Å². The molecule has 0 bridgehead atoms. The Kier molecular flexibility index (Phi) is 27.1. The molecule has 0 saturated carbocycles. The van der Waals surface area contributed by atoms with Crippen LogP contribution in [0.15, 0.2) is 0 Å². The number of nitrogens with zero attached hydrogens (tertiary/aromatic N) is 3. The van der Waals surface area contributed by atoms with Crippen molar-refractivity contribution in [2.45, 2.75) is 125 Å². The van der Waals surface area contributed by atoms with Crippen LogP contribution >= 0.6 is 0 Å². The van der Waals surface area contributed by atoms with E-state index in [0.717, 1.165) is 58.9 Å². The van der Waals surface area contributed by atoms with Crippen molar-refractivity contribution in [1.82, 2.24) is 14.7 Å². The van der Waals surface area contributed by atoms with Crippen LogP contribution in [0.3, 0.4) is 0 Å². The Morgan fingerprint density at radius 1 is 0.368 bits per heavy atom. The summed E-state index contributed by atoms with van der Waals surface area (Å²) < 4.78 is 19.6. The zero-order valence-corrected chi connectivity index (χ0v) is 28.0. The van der Waals surface area contributed by atoms with Crippen LogP contribution in [0.2, 0.25) is 6.55 Å². The molecule has 0 aliphatic heterocycles. The van der Waals surface area contributed by atoms with Gasteiger partial charge in [0, 0.05) is 26.2 Å². The molecule has 0 spiro atoms. The van der Waals surface area contributed by atoms with Gasteiger partial charge < -0.3 is 28.0 Å². The fraction of sp³-hybridized carbons (Fsp3) is 1.00. The molecule has 0 unspecified atom stereocenters. The summed E-state index contributed by atoms with van der Waals surface area (Å²) in [6, 6.07) is 0. The highest BCUT2D eigenvalue weighted by Crippen LogP contribution is 2.12. The van der Waals surface area contributed by atoms with E-state index in [0.29, 0.717) is 19.8 Å². The first-order chi connectivity index (χ1) is 18.5. The van der Waals surface area contributed by atoms with Gasteiger partial charge in [0.2, 0.25) is 0 Å². The van der Waals surface area contributed by atoms with E-state index in [1.807, 2.05) is 0 Å². The van der Waals surface area contributed by atoms with Crippen molar-refractivity contribution >= 4 is 8.80 Å². The van der Waals surface area contributed by atoms with Gasteiger partial charge in [-0.3, -0.25) is 0 Å². The van der Waals surface area contributed by atoms with E-state index in [1.54, 1.807) is 0 Å². The van der Waals surface area contributed by atoms with Gasteiger partial charge in [-0.05, 0) is 77.8 Å². The predicted molar refractivity (Wildman–Crippen MR) is 168 cm³/mol. The second-order valence-electron chi connectivity index (χ2n) is 11.1. The second-order valence-corrected chi connectivity index (χ2v) is 13.6. The molecule has 0 radical (unpaired) electrons. The van der Waals surface area contributed by atoms with Crippen LogP contribution in [0.4, 0.5) is 0 Å². The average Bonchev–Trinajstić information content (AvgIpc) is 2.92. The standard InChI is InChI=1S/C31H69N3O3Si/c1-8-14-20-32(21-15-9-2)26-29-35-38(7,36-30-27-33(22-16-10-3)23-17-11-4)37-31-28-34(24-18-12-5)25-19-13-6/h8-31H2,1-7H3. The van der Waals surface area contributed by atoms with Gasteiger partial charge in [0.25, 0.3) is 0 Å². The summed E-state index contributed by atoms with van der Waals surface area (Å²) in [5.74, 6) is 0. The first-order valence-corrected chi connectivity index (χ1v) is 18.8. The molecule has 6 nitrogen and oxygen atoms in total. The summed E-state index contributed by atoms with van der Waals surface area (Å²) in [6.07, 6.45) is 14.9. The Morgan fingerprint density at radius 2 is 0.579 bits per heavy atom. The molecule has 7 heteroatoms. The van der Waals surface area contributed by atoms with Gasteiger partial charge in [-0.2, -0.15) is 0 Å². The molecule has 0 rings (SSSR count). The minimum atomic E-state index is -2.72. The molecule has 0 aromatic rings. The van der Waals surface area contributed by atoms with Gasteiger partial charge in [-0.1, -0.05) is 80.1 Å². The number of hydrogen-bond acceptors (Lipinski definition) is 6. The highest BCUT2D eigenvalue weighted by atomic mass is 28.4. The second kappa shape index (κ2) is 27.2. The minimum Gasteiger partial charge on any atom is -0.372 e. The third-order valence-electron chi connectivity index (χ3n) is 7.28. The van der Waals surface area contributed by atoms with E-state index in [1.165, 1.54) is 77.0 Å². The molecule has 0 amide bonds. The fourth-order valence-corrected chi connectivity index (χ4v) is 6.14. The normalized spacial score (nSPS) is 12.5. The van der Waals surface area contributed by atoms with Gasteiger partial charge in [-0.15, -0.1) is 0 Å². The summed E-state index contributed by atoms with van der Waals surface area (Å²) >= 11 is 0. The first kappa shape index (κ1) is 38.0. The van der Waals surface area contributed by atoms with Gasteiger partial charge in [-0.25, -0.2) is 0 Å². The van der Waals surface area contributed by atoms with Crippen LogP contribution in [-0.2, 0) is 13.3 Å². The summed E-state index contributed by atoms with van der Waals surface area (Å²) in [7, 11) is -2.72. The van der Waals surface area contributed by atoms with Crippen LogP contribution < -0.4 is 0 Å². The number of hydrogen-bond donors (Lipinski definition) is 0. The maximum absolute atomic E-state index is 6.52. The molecule has 0 aromatic heterocycles. The fourth-order valence-electron chi connectivity index (χ4n) is 4.50. The lowest BCUT2D eigenvalue weighted by Crippen LogP contribution is -2.47. The Bertz CT molecular complexity index is 399. The highest BCUT2D eigenvalue weighted by Gasteiger charge is 2.35.